The molecule has 1 unspecified atom stereocenters. The summed E-state index contributed by atoms with van der Waals surface area (Å²) in [5.41, 5.74) is 2.90. The predicted molar refractivity (Wildman–Crippen MR) is 195 cm³/mol. The molecule has 2 atom stereocenters. The molecule has 10 nitrogen and oxygen atoms in total. The Morgan fingerprint density at radius 2 is 1.73 bits per heavy atom. The first-order valence-electron chi connectivity index (χ1n) is 17.5. The number of pyridine rings is 1. The van der Waals surface area contributed by atoms with Gasteiger partial charge in [0.05, 0.1) is 12.2 Å². The number of carbonyl (C=O) groups excluding carboxylic acids is 1. The van der Waals surface area contributed by atoms with E-state index in [0.717, 1.165) is 55.2 Å². The molecule has 2 aromatic heterocycles. The smallest absolute Gasteiger partial charge is 0.229 e. The molecule has 1 N–H and O–H groups in total. The van der Waals surface area contributed by atoms with Gasteiger partial charge in [0, 0.05) is 80.6 Å². The van der Waals surface area contributed by atoms with E-state index in [9.17, 15) is 4.79 Å². The lowest BCUT2D eigenvalue weighted by Gasteiger charge is -2.60. The lowest BCUT2D eigenvalue weighted by molar-refractivity contribution is -0.121. The zero-order valence-corrected chi connectivity index (χ0v) is 30.0. The van der Waals surface area contributed by atoms with E-state index in [4.69, 9.17) is 19.7 Å². The highest BCUT2D eigenvalue weighted by atomic mass is 16.5. The molecule has 1 amide bonds. The quantitative estimate of drug-likeness (QED) is 0.297. The lowest BCUT2D eigenvalue weighted by Crippen LogP contribution is -2.71. The minimum Gasteiger partial charge on any atom is -0.374 e. The third-order valence-electron chi connectivity index (χ3n) is 11.5. The van der Waals surface area contributed by atoms with Crippen molar-refractivity contribution >= 4 is 40.7 Å². The van der Waals surface area contributed by atoms with Gasteiger partial charge in [-0.05, 0) is 96.3 Å². The number of carbonyl (C=O) groups is 1. The number of hydrogen-bond donors (Lipinski definition) is 1. The van der Waals surface area contributed by atoms with E-state index >= 15 is 0 Å². The molecule has 7 rings (SSSR count). The molecule has 4 saturated heterocycles. The van der Waals surface area contributed by atoms with Gasteiger partial charge >= 0.3 is 0 Å². The van der Waals surface area contributed by atoms with Gasteiger partial charge in [0.2, 0.25) is 11.9 Å². The number of nitrogens with one attached hydrogen (secondary N) is 1. The third-order valence-corrected chi connectivity index (χ3v) is 11.5. The molecule has 0 aliphatic carbocycles. The number of amides is 1. The number of hydrogen-bond acceptors (Lipinski definition) is 9. The average molecular weight is 655 g/mol. The summed E-state index contributed by atoms with van der Waals surface area (Å²) in [6.45, 7) is 18.3. The standard InChI is InChI=1S/C38H52N8O2.H2/c1-26-19-37(6,25-48-36(26,4)5)29-20-39-34(40-27-14-16-28(17-15-27)45-23-38(24-45)21-43(7)22-38)42-33(29)44(8)30-11-9-12-31(41-30)46-32(47)13-10-18-35(46,2)3;/h9,11-12,14-17,20,26H,10,13,18-19,21-25H2,1-8H3,(H,39,40,42);1H/t26?,37-;/m1./s1. The number of ether oxygens (including phenoxy) is 1. The fourth-order valence-corrected chi connectivity index (χ4v) is 8.40. The van der Waals surface area contributed by atoms with E-state index in [1.165, 1.54) is 18.8 Å². The SMILES string of the molecule is CC1C[C@@](C)(c2cnc(Nc3ccc(N4CC5(CN(C)C5)C4)cc3)nc2N(C)c2cccc(N3C(=O)CCCC3(C)C)n2)COC1(C)C.[HH]. The molecule has 1 aromatic carbocycles. The zero-order valence-electron chi connectivity index (χ0n) is 30.0. The van der Waals surface area contributed by atoms with Crippen LogP contribution in [0.25, 0.3) is 0 Å². The maximum atomic E-state index is 13.1. The topological polar surface area (TPSA) is 90.0 Å². The number of nitrogens with zero attached hydrogens (tertiary/aromatic N) is 7. The molecule has 0 saturated carbocycles. The Hall–Kier alpha value is -3.76. The van der Waals surface area contributed by atoms with Crippen LogP contribution in [-0.4, -0.2) is 83.8 Å². The summed E-state index contributed by atoms with van der Waals surface area (Å²) >= 11 is 0. The van der Waals surface area contributed by atoms with Crippen molar-refractivity contribution < 1.29 is 11.0 Å². The van der Waals surface area contributed by atoms with Crippen LogP contribution in [0.5, 0.6) is 0 Å². The first-order valence-corrected chi connectivity index (χ1v) is 17.5. The molecule has 3 aromatic rings. The van der Waals surface area contributed by atoms with Gasteiger partial charge in [0.15, 0.2) is 0 Å². The second-order valence-electron chi connectivity index (χ2n) is 16.5. The summed E-state index contributed by atoms with van der Waals surface area (Å²) < 4.78 is 6.46. The van der Waals surface area contributed by atoms with Crippen LogP contribution < -0.4 is 20.0 Å². The Morgan fingerprint density at radius 1 is 1.00 bits per heavy atom. The van der Waals surface area contributed by atoms with Crippen molar-refractivity contribution in [3.8, 4) is 0 Å². The first-order chi connectivity index (χ1) is 22.7. The van der Waals surface area contributed by atoms with Crippen LogP contribution in [0.1, 0.15) is 74.2 Å². The van der Waals surface area contributed by atoms with Crippen LogP contribution in [-0.2, 0) is 14.9 Å². The monoisotopic (exact) mass is 654 g/mol. The summed E-state index contributed by atoms with van der Waals surface area (Å²) in [5.74, 6) is 3.13. The van der Waals surface area contributed by atoms with E-state index in [-0.39, 0.29) is 23.9 Å². The fourth-order valence-electron chi connectivity index (χ4n) is 8.40. The zero-order chi connectivity index (χ0) is 34.1. The summed E-state index contributed by atoms with van der Waals surface area (Å²) in [6, 6.07) is 14.5. The number of aromatic nitrogens is 3. The normalized spacial score (nSPS) is 26.2. The lowest BCUT2D eigenvalue weighted by atomic mass is 9.70. The van der Waals surface area contributed by atoms with Crippen molar-refractivity contribution in [3.05, 3.63) is 54.2 Å². The summed E-state index contributed by atoms with van der Waals surface area (Å²) in [5, 5.41) is 3.46. The van der Waals surface area contributed by atoms with E-state index in [0.29, 0.717) is 36.1 Å². The summed E-state index contributed by atoms with van der Waals surface area (Å²) in [6.07, 6.45) is 5.28. The van der Waals surface area contributed by atoms with Crippen LogP contribution in [0.4, 0.5) is 34.8 Å². The Balaban J connectivity index is 0.00000417. The highest BCUT2D eigenvalue weighted by Gasteiger charge is 2.50. The minimum atomic E-state index is -0.301. The van der Waals surface area contributed by atoms with Gasteiger partial charge in [0.1, 0.15) is 17.5 Å². The van der Waals surface area contributed by atoms with Gasteiger partial charge in [-0.25, -0.2) is 9.97 Å². The van der Waals surface area contributed by atoms with Crippen molar-refractivity contribution in [1.29, 1.82) is 0 Å². The van der Waals surface area contributed by atoms with Crippen LogP contribution in [0.2, 0.25) is 0 Å². The Kier molecular flexibility index (Phi) is 7.98. The van der Waals surface area contributed by atoms with E-state index in [2.05, 4.69) is 88.0 Å². The first kappa shape index (κ1) is 32.8. The number of anilines is 6. The van der Waals surface area contributed by atoms with E-state index in [1.807, 2.05) is 41.2 Å². The number of rotatable bonds is 7. The van der Waals surface area contributed by atoms with E-state index in [1.54, 1.807) is 0 Å². The third kappa shape index (κ3) is 5.91. The molecule has 4 fully saturated rings. The molecule has 48 heavy (non-hydrogen) atoms. The molecule has 10 heteroatoms. The highest BCUT2D eigenvalue weighted by molar-refractivity contribution is 5.94. The second kappa shape index (κ2) is 11.7. The number of benzene rings is 1. The van der Waals surface area contributed by atoms with Crippen molar-refractivity contribution in [3.63, 3.8) is 0 Å². The van der Waals surface area contributed by atoms with Crippen molar-refractivity contribution in [2.24, 2.45) is 11.3 Å². The molecular formula is C38H54N8O2. The van der Waals surface area contributed by atoms with Crippen LogP contribution >= 0.6 is 0 Å². The number of piperidine rings is 1. The number of likely N-dealkylation sites (tertiary alicyclic amines) is 1. The maximum absolute atomic E-state index is 13.1. The van der Waals surface area contributed by atoms with E-state index < -0.39 is 0 Å². The van der Waals surface area contributed by atoms with Crippen LogP contribution in [0, 0.1) is 11.3 Å². The van der Waals surface area contributed by atoms with Crippen LogP contribution in [0.15, 0.2) is 48.7 Å². The van der Waals surface area contributed by atoms with Gasteiger partial charge in [-0.15, -0.1) is 0 Å². The van der Waals surface area contributed by atoms with Crippen molar-refractivity contribution in [1.82, 2.24) is 19.9 Å². The molecule has 0 bridgehead atoms. The Morgan fingerprint density at radius 3 is 2.40 bits per heavy atom. The van der Waals surface area contributed by atoms with Gasteiger partial charge in [-0.2, -0.15) is 4.98 Å². The second-order valence-corrected chi connectivity index (χ2v) is 16.5. The molecular weight excluding hydrogens is 600 g/mol. The highest BCUT2D eigenvalue weighted by Crippen LogP contribution is 2.46. The van der Waals surface area contributed by atoms with Gasteiger partial charge < -0.3 is 24.8 Å². The molecule has 258 valence electrons. The van der Waals surface area contributed by atoms with Crippen molar-refractivity contribution in [2.75, 3.05) is 66.9 Å². The maximum Gasteiger partial charge on any atom is 0.229 e. The average Bonchev–Trinajstić information content (AvgIpc) is 3.00. The summed E-state index contributed by atoms with van der Waals surface area (Å²) in [7, 11) is 4.20. The molecule has 4 aliphatic rings. The van der Waals surface area contributed by atoms with Gasteiger partial charge in [-0.1, -0.05) is 19.9 Å². The molecule has 4 aliphatic heterocycles. The van der Waals surface area contributed by atoms with Crippen molar-refractivity contribution in [2.45, 2.75) is 83.8 Å². The minimum absolute atomic E-state index is 0. The Bertz CT molecular complexity index is 1680. The fraction of sp³-hybridized carbons (Fsp3) is 0.579. The van der Waals surface area contributed by atoms with Crippen LogP contribution in [0.3, 0.4) is 0 Å². The predicted octanol–water partition coefficient (Wildman–Crippen LogP) is 6.77. The molecule has 1 spiro atoms. The molecule has 0 radical (unpaired) electrons. The largest absolute Gasteiger partial charge is 0.374 e. The summed E-state index contributed by atoms with van der Waals surface area (Å²) in [4.78, 5) is 36.9. The molecule has 6 heterocycles. The van der Waals surface area contributed by atoms with Gasteiger partial charge in [0.25, 0.3) is 0 Å². The van der Waals surface area contributed by atoms with Gasteiger partial charge in [-0.3, -0.25) is 9.69 Å². The Labute approximate surface area is 287 Å².